The Bertz CT molecular complexity index is 1030. The molecular formula is C18H21N3O4S2. The van der Waals surface area contributed by atoms with E-state index in [1.165, 1.54) is 21.1 Å². The number of hydrogen-bond acceptors (Lipinski definition) is 5. The molecule has 0 aromatic heterocycles. The van der Waals surface area contributed by atoms with Gasteiger partial charge in [-0.05, 0) is 18.7 Å². The second-order valence-electron chi connectivity index (χ2n) is 6.81. The third-order valence-electron chi connectivity index (χ3n) is 5.06. The van der Waals surface area contributed by atoms with E-state index in [4.69, 9.17) is 0 Å². The molecule has 4 rings (SSSR count). The molecule has 7 nitrogen and oxygen atoms in total. The highest BCUT2D eigenvalue weighted by molar-refractivity contribution is 7.92. The molecule has 0 fully saturated rings. The minimum Gasteiger partial charge on any atom is -0.254 e. The molecule has 0 aliphatic carbocycles. The summed E-state index contributed by atoms with van der Waals surface area (Å²) in [7, 11) is -7.21. The fourth-order valence-electron chi connectivity index (χ4n) is 4.16. The van der Waals surface area contributed by atoms with Crippen molar-refractivity contribution in [2.45, 2.75) is 19.3 Å². The molecule has 27 heavy (non-hydrogen) atoms. The molecule has 9 heteroatoms. The third-order valence-corrected chi connectivity index (χ3v) is 7.28. The molecule has 2 aliphatic rings. The summed E-state index contributed by atoms with van der Waals surface area (Å²) in [6.07, 6.45) is 1.17. The Morgan fingerprint density at radius 3 is 1.44 bits per heavy atom. The normalized spacial score (nSPS) is 22.3. The highest BCUT2D eigenvalue weighted by Gasteiger charge is 2.51. The van der Waals surface area contributed by atoms with E-state index in [-0.39, 0.29) is 0 Å². The molecule has 0 radical (unpaired) electrons. The lowest BCUT2D eigenvalue weighted by Gasteiger charge is -2.55. The second kappa shape index (κ2) is 5.95. The maximum atomic E-state index is 12.8. The fraction of sp³-hybridized carbons (Fsp3) is 0.333. The molecule has 2 atom stereocenters. The van der Waals surface area contributed by atoms with Crippen molar-refractivity contribution in [3.05, 3.63) is 59.7 Å². The molecule has 2 aromatic carbocycles. The predicted molar refractivity (Wildman–Crippen MR) is 105 cm³/mol. The van der Waals surface area contributed by atoms with E-state index in [1.807, 2.05) is 11.8 Å². The lowest BCUT2D eigenvalue weighted by molar-refractivity contribution is 0.132. The van der Waals surface area contributed by atoms with Crippen LogP contribution in [0, 0.1) is 0 Å². The number of anilines is 2. The minimum absolute atomic E-state index is 0.482. The molecule has 0 saturated carbocycles. The first-order valence-electron chi connectivity index (χ1n) is 8.58. The number of nitrogens with zero attached hydrogens (tertiary/aromatic N) is 3. The van der Waals surface area contributed by atoms with Gasteiger partial charge in [-0.25, -0.2) is 25.4 Å². The van der Waals surface area contributed by atoms with Gasteiger partial charge >= 0.3 is 0 Å². The van der Waals surface area contributed by atoms with Crippen LogP contribution >= 0.6 is 0 Å². The van der Waals surface area contributed by atoms with Crippen molar-refractivity contribution in [1.29, 1.82) is 0 Å². The average Bonchev–Trinajstić information content (AvgIpc) is 2.59. The van der Waals surface area contributed by atoms with Crippen molar-refractivity contribution in [1.82, 2.24) is 4.90 Å². The fourth-order valence-corrected chi connectivity index (χ4v) is 6.40. The monoisotopic (exact) mass is 407 g/mol. The highest BCUT2D eigenvalue weighted by Crippen LogP contribution is 2.54. The number of rotatable bonds is 3. The zero-order chi connectivity index (χ0) is 19.6. The first kappa shape index (κ1) is 18.3. The van der Waals surface area contributed by atoms with Crippen LogP contribution in [0.2, 0.25) is 0 Å². The Morgan fingerprint density at radius 2 is 1.11 bits per heavy atom. The van der Waals surface area contributed by atoms with Gasteiger partial charge in [0.2, 0.25) is 20.0 Å². The van der Waals surface area contributed by atoms with Crippen molar-refractivity contribution in [2.24, 2.45) is 0 Å². The molecule has 0 amide bonds. The summed E-state index contributed by atoms with van der Waals surface area (Å²) in [5.74, 6) is 0. The molecule has 0 unspecified atom stereocenters. The molecule has 2 aliphatic heterocycles. The van der Waals surface area contributed by atoms with Crippen molar-refractivity contribution >= 4 is 31.4 Å². The van der Waals surface area contributed by atoms with Gasteiger partial charge in [0.15, 0.2) is 0 Å². The van der Waals surface area contributed by atoms with Gasteiger partial charge < -0.3 is 0 Å². The first-order chi connectivity index (χ1) is 12.7. The van der Waals surface area contributed by atoms with Crippen LogP contribution in [0.5, 0.6) is 0 Å². The second-order valence-corrected chi connectivity index (χ2v) is 10.5. The van der Waals surface area contributed by atoms with E-state index >= 15 is 0 Å². The SMILES string of the molecule is CCN1[C@H]2c3ccccc3N(S(C)(=O)=O)[C@@H]1c1ccccc1N2S(C)(=O)=O. The van der Waals surface area contributed by atoms with Gasteiger partial charge in [0.1, 0.15) is 12.3 Å². The maximum absolute atomic E-state index is 12.8. The van der Waals surface area contributed by atoms with Crippen LogP contribution in [0.25, 0.3) is 0 Å². The number of para-hydroxylation sites is 2. The standard InChI is InChI=1S/C18H21N3O4S2/c1-4-19-17-14-10-6-8-12-16(14)21(27(3,24)25)18(19)13-9-5-7-11-15(13)20(17)26(2,22)23/h5-12,17-18H,4H2,1-3H3/t17-,18-/m1/s1. The van der Waals surface area contributed by atoms with Crippen molar-refractivity contribution in [3.63, 3.8) is 0 Å². The number of benzene rings is 2. The Morgan fingerprint density at radius 1 is 0.741 bits per heavy atom. The lowest BCUT2D eigenvalue weighted by Crippen LogP contribution is -2.58. The lowest BCUT2D eigenvalue weighted by atomic mass is 9.96. The Labute approximate surface area is 159 Å². The van der Waals surface area contributed by atoms with E-state index in [2.05, 4.69) is 0 Å². The molecule has 2 aromatic rings. The van der Waals surface area contributed by atoms with E-state index in [0.717, 1.165) is 0 Å². The van der Waals surface area contributed by atoms with Crippen LogP contribution in [0.15, 0.2) is 48.5 Å². The van der Waals surface area contributed by atoms with E-state index in [1.54, 1.807) is 48.5 Å². The molecule has 144 valence electrons. The molecule has 0 spiro atoms. The van der Waals surface area contributed by atoms with Gasteiger partial charge in [-0.15, -0.1) is 0 Å². The van der Waals surface area contributed by atoms with Crippen molar-refractivity contribution in [2.75, 3.05) is 27.7 Å². The third kappa shape index (κ3) is 2.64. The van der Waals surface area contributed by atoms with Crippen molar-refractivity contribution < 1.29 is 16.8 Å². The minimum atomic E-state index is -3.61. The summed E-state index contributed by atoms with van der Waals surface area (Å²) in [4.78, 5) is 1.91. The molecule has 0 N–H and O–H groups in total. The van der Waals surface area contributed by atoms with E-state index in [0.29, 0.717) is 29.0 Å². The largest absolute Gasteiger partial charge is 0.254 e. The first-order valence-corrected chi connectivity index (χ1v) is 12.3. The van der Waals surface area contributed by atoms with E-state index < -0.39 is 32.4 Å². The summed E-state index contributed by atoms with van der Waals surface area (Å²) in [5, 5.41) is 0. The highest BCUT2D eigenvalue weighted by atomic mass is 32.2. The van der Waals surface area contributed by atoms with Crippen LogP contribution < -0.4 is 8.61 Å². The summed E-state index contributed by atoms with van der Waals surface area (Å²) < 4.78 is 53.9. The van der Waals surface area contributed by atoms with Crippen LogP contribution in [0.1, 0.15) is 30.4 Å². The van der Waals surface area contributed by atoms with Gasteiger partial charge in [0.05, 0.1) is 23.9 Å². The summed E-state index contributed by atoms with van der Waals surface area (Å²) in [5.41, 5.74) is 2.34. The molecular weight excluding hydrogens is 386 g/mol. The average molecular weight is 408 g/mol. The van der Waals surface area contributed by atoms with Crippen molar-refractivity contribution in [3.8, 4) is 0 Å². The van der Waals surface area contributed by atoms with Gasteiger partial charge in [0.25, 0.3) is 0 Å². The summed E-state index contributed by atoms with van der Waals surface area (Å²) in [6, 6.07) is 14.2. The number of hydrogen-bond donors (Lipinski definition) is 0. The van der Waals surface area contributed by atoms with E-state index in [9.17, 15) is 16.8 Å². The zero-order valence-corrected chi connectivity index (χ0v) is 16.9. The van der Waals surface area contributed by atoms with Crippen LogP contribution in [-0.4, -0.2) is 40.8 Å². The van der Waals surface area contributed by atoms with Gasteiger partial charge in [0, 0.05) is 11.1 Å². The molecule has 2 bridgehead atoms. The Kier molecular flexibility index (Phi) is 4.03. The van der Waals surface area contributed by atoms with Gasteiger partial charge in [-0.3, -0.25) is 4.90 Å². The Balaban J connectivity index is 2.14. The number of fused-ring (bicyclic) bond motifs is 6. The Hall–Kier alpha value is -2.10. The van der Waals surface area contributed by atoms with Crippen LogP contribution in [0.3, 0.4) is 0 Å². The zero-order valence-electron chi connectivity index (χ0n) is 15.3. The number of sulfonamides is 2. The molecule has 0 saturated heterocycles. The predicted octanol–water partition coefficient (Wildman–Crippen LogP) is 2.27. The summed E-state index contributed by atoms with van der Waals surface area (Å²) in [6.45, 7) is 2.39. The topological polar surface area (TPSA) is 78.0 Å². The molecule has 2 heterocycles. The smallest absolute Gasteiger partial charge is 0.233 e. The quantitative estimate of drug-likeness (QED) is 0.780. The summed E-state index contributed by atoms with van der Waals surface area (Å²) >= 11 is 0. The maximum Gasteiger partial charge on any atom is 0.233 e. The van der Waals surface area contributed by atoms with Gasteiger partial charge in [-0.2, -0.15) is 0 Å². The van der Waals surface area contributed by atoms with Crippen LogP contribution in [-0.2, 0) is 20.0 Å². The van der Waals surface area contributed by atoms with Gasteiger partial charge in [-0.1, -0.05) is 43.3 Å². The van der Waals surface area contributed by atoms with Crippen LogP contribution in [0.4, 0.5) is 11.4 Å².